The number of aliphatic hydroxyl groups is 1. The minimum Gasteiger partial charge on any atom is -0.496 e. The summed E-state index contributed by atoms with van der Waals surface area (Å²) in [4.78, 5) is 6.98. The molecule has 1 atom stereocenters. The van der Waals surface area contributed by atoms with Crippen LogP contribution in [0, 0.1) is 0 Å². The largest absolute Gasteiger partial charge is 0.496 e. The molecule has 0 aliphatic carbocycles. The van der Waals surface area contributed by atoms with Gasteiger partial charge in [-0.3, -0.25) is 0 Å². The number of nitrogens with zero attached hydrogens (tertiary/aromatic N) is 2. The van der Waals surface area contributed by atoms with Crippen molar-refractivity contribution in [1.29, 1.82) is 0 Å². The first-order valence-electron chi connectivity index (χ1n) is 9.76. The number of alkyl halides is 3. The Morgan fingerprint density at radius 1 is 1.06 bits per heavy atom. The molecule has 1 aliphatic rings. The van der Waals surface area contributed by atoms with Crippen LogP contribution in [0.15, 0.2) is 70.6 Å². The van der Waals surface area contributed by atoms with E-state index in [1.165, 1.54) is 19.2 Å². The average molecular weight is 446 g/mol. The summed E-state index contributed by atoms with van der Waals surface area (Å²) in [5, 5.41) is 9.76. The molecule has 162 valence electrons. The van der Waals surface area contributed by atoms with Crippen molar-refractivity contribution in [2.24, 2.45) is 0 Å². The highest BCUT2D eigenvalue weighted by atomic mass is 32.2. The summed E-state index contributed by atoms with van der Waals surface area (Å²) in [6.45, 7) is 1.14. The molecule has 8 heteroatoms. The van der Waals surface area contributed by atoms with Crippen molar-refractivity contribution >= 4 is 17.6 Å². The Bertz CT molecular complexity index is 1070. The topological polar surface area (TPSA) is 45.6 Å². The molecular formula is C23H21F3N2O2S. The van der Waals surface area contributed by atoms with E-state index in [-0.39, 0.29) is 4.90 Å². The molecule has 1 fully saturated rings. The van der Waals surface area contributed by atoms with Crippen LogP contribution < -0.4 is 9.64 Å². The van der Waals surface area contributed by atoms with Gasteiger partial charge in [0.05, 0.1) is 23.7 Å². The summed E-state index contributed by atoms with van der Waals surface area (Å²) in [7, 11) is 1.49. The van der Waals surface area contributed by atoms with Gasteiger partial charge in [-0.1, -0.05) is 30.0 Å². The zero-order valence-corrected chi connectivity index (χ0v) is 17.6. The Balaban J connectivity index is 1.69. The molecule has 3 aromatic rings. The maximum Gasteiger partial charge on any atom is 0.417 e. The quantitative estimate of drug-likeness (QED) is 0.561. The standard InChI is InChI=1S/C23H21F3N2O2S/c1-30-19-4-2-3-5-21(19)31-20-7-6-15(12-18(20)23(24,25)26)16-8-10-27-22(13-16)28-11-9-17(29)14-28/h2-8,10,12-13,17,29H,9,11,14H2,1H3. The molecule has 0 spiro atoms. The predicted octanol–water partition coefficient (Wildman–Crippen LogP) is 5.50. The zero-order chi connectivity index (χ0) is 22.0. The third kappa shape index (κ3) is 4.80. The Morgan fingerprint density at radius 2 is 1.84 bits per heavy atom. The number of anilines is 1. The number of para-hydroxylation sites is 1. The predicted molar refractivity (Wildman–Crippen MR) is 115 cm³/mol. The number of aromatic nitrogens is 1. The normalized spacial score (nSPS) is 16.5. The number of halogens is 3. The molecule has 1 saturated heterocycles. The van der Waals surface area contributed by atoms with Crippen LogP contribution in [0.4, 0.5) is 19.0 Å². The Kier molecular flexibility index (Phi) is 6.11. The van der Waals surface area contributed by atoms with E-state index in [1.807, 2.05) is 4.90 Å². The summed E-state index contributed by atoms with van der Waals surface area (Å²) < 4.78 is 47.0. The molecule has 2 aromatic carbocycles. The van der Waals surface area contributed by atoms with E-state index >= 15 is 0 Å². The lowest BCUT2D eigenvalue weighted by atomic mass is 10.0. The number of hydrogen-bond donors (Lipinski definition) is 1. The molecule has 4 nitrogen and oxygen atoms in total. The number of rotatable bonds is 5. The number of ether oxygens (including phenoxy) is 1. The summed E-state index contributed by atoms with van der Waals surface area (Å²) in [6, 6.07) is 14.8. The Labute approximate surface area is 182 Å². The van der Waals surface area contributed by atoms with Gasteiger partial charge in [0.2, 0.25) is 0 Å². The molecule has 1 unspecified atom stereocenters. The molecule has 2 heterocycles. The summed E-state index contributed by atoms with van der Waals surface area (Å²) >= 11 is 1.03. The number of benzene rings is 2. The summed E-state index contributed by atoms with van der Waals surface area (Å²) in [6.07, 6.45) is -2.68. The molecular weight excluding hydrogens is 425 g/mol. The van der Waals surface area contributed by atoms with Crippen molar-refractivity contribution in [2.45, 2.75) is 28.5 Å². The molecule has 0 bridgehead atoms. The highest BCUT2D eigenvalue weighted by Gasteiger charge is 2.34. The van der Waals surface area contributed by atoms with Crippen molar-refractivity contribution in [1.82, 2.24) is 4.98 Å². The van der Waals surface area contributed by atoms with Gasteiger partial charge in [0.15, 0.2) is 0 Å². The highest BCUT2D eigenvalue weighted by Crippen LogP contribution is 2.43. The van der Waals surface area contributed by atoms with Crippen LogP contribution in [-0.4, -0.2) is 36.4 Å². The van der Waals surface area contributed by atoms with Crippen LogP contribution in [0.5, 0.6) is 5.75 Å². The van der Waals surface area contributed by atoms with Crippen LogP contribution >= 0.6 is 11.8 Å². The number of pyridine rings is 1. The van der Waals surface area contributed by atoms with Gasteiger partial charge < -0.3 is 14.7 Å². The van der Waals surface area contributed by atoms with Crippen LogP contribution in [0.2, 0.25) is 0 Å². The number of hydrogen-bond acceptors (Lipinski definition) is 5. The van der Waals surface area contributed by atoms with Crippen LogP contribution in [0.25, 0.3) is 11.1 Å². The van der Waals surface area contributed by atoms with E-state index in [0.717, 1.165) is 11.8 Å². The van der Waals surface area contributed by atoms with Crippen molar-refractivity contribution in [3.8, 4) is 16.9 Å². The minimum absolute atomic E-state index is 0.109. The van der Waals surface area contributed by atoms with E-state index < -0.39 is 17.8 Å². The second-order valence-corrected chi connectivity index (χ2v) is 8.34. The highest BCUT2D eigenvalue weighted by molar-refractivity contribution is 7.99. The number of β-amino-alcohol motifs (C(OH)–C–C–N with tert-alkyl or cyclic N) is 1. The van der Waals surface area contributed by atoms with Gasteiger partial charge in [-0.05, 0) is 53.9 Å². The first kappa shape index (κ1) is 21.5. The SMILES string of the molecule is COc1ccccc1Sc1ccc(-c2ccnc(N3CCC(O)C3)c2)cc1C(F)(F)F. The van der Waals surface area contributed by atoms with Gasteiger partial charge in [-0.2, -0.15) is 13.2 Å². The first-order chi connectivity index (χ1) is 14.8. The first-order valence-corrected chi connectivity index (χ1v) is 10.6. The van der Waals surface area contributed by atoms with E-state index in [0.29, 0.717) is 47.1 Å². The molecule has 4 rings (SSSR count). The molecule has 0 saturated carbocycles. The van der Waals surface area contributed by atoms with Gasteiger partial charge in [-0.15, -0.1) is 0 Å². The Morgan fingerprint density at radius 3 is 2.55 bits per heavy atom. The summed E-state index contributed by atoms with van der Waals surface area (Å²) in [5.74, 6) is 1.17. The van der Waals surface area contributed by atoms with E-state index in [1.54, 1.807) is 48.7 Å². The lowest BCUT2D eigenvalue weighted by molar-refractivity contribution is -0.139. The molecule has 31 heavy (non-hydrogen) atoms. The van der Waals surface area contributed by atoms with E-state index in [4.69, 9.17) is 4.74 Å². The maximum absolute atomic E-state index is 13.9. The zero-order valence-electron chi connectivity index (χ0n) is 16.8. The van der Waals surface area contributed by atoms with Gasteiger partial charge in [0, 0.05) is 24.2 Å². The molecule has 1 aliphatic heterocycles. The van der Waals surface area contributed by atoms with Gasteiger partial charge in [-0.25, -0.2) is 4.98 Å². The average Bonchev–Trinajstić information content (AvgIpc) is 3.20. The molecule has 0 amide bonds. The number of methoxy groups -OCH3 is 1. The second-order valence-electron chi connectivity index (χ2n) is 7.25. The fourth-order valence-corrected chi connectivity index (χ4v) is 4.62. The van der Waals surface area contributed by atoms with Gasteiger partial charge in [0.1, 0.15) is 11.6 Å². The van der Waals surface area contributed by atoms with E-state index in [9.17, 15) is 18.3 Å². The monoisotopic (exact) mass is 446 g/mol. The fourth-order valence-electron chi connectivity index (χ4n) is 3.56. The lowest BCUT2D eigenvalue weighted by Crippen LogP contribution is -2.22. The smallest absolute Gasteiger partial charge is 0.417 e. The minimum atomic E-state index is -4.50. The molecule has 0 radical (unpaired) electrons. The van der Waals surface area contributed by atoms with Crippen LogP contribution in [0.1, 0.15) is 12.0 Å². The Hall–Kier alpha value is -2.71. The van der Waals surface area contributed by atoms with Crippen molar-refractivity contribution in [3.05, 3.63) is 66.4 Å². The molecule has 1 N–H and O–H groups in total. The summed E-state index contributed by atoms with van der Waals surface area (Å²) in [5.41, 5.74) is 0.404. The van der Waals surface area contributed by atoms with Crippen molar-refractivity contribution in [3.63, 3.8) is 0 Å². The van der Waals surface area contributed by atoms with Gasteiger partial charge >= 0.3 is 6.18 Å². The van der Waals surface area contributed by atoms with Gasteiger partial charge in [0.25, 0.3) is 0 Å². The lowest BCUT2D eigenvalue weighted by Gasteiger charge is -2.18. The van der Waals surface area contributed by atoms with E-state index in [2.05, 4.69) is 4.98 Å². The third-order valence-electron chi connectivity index (χ3n) is 5.14. The molecule has 1 aromatic heterocycles. The second kappa shape index (κ2) is 8.80. The van der Waals surface area contributed by atoms with Crippen molar-refractivity contribution < 1.29 is 23.0 Å². The fraction of sp³-hybridized carbons (Fsp3) is 0.261. The maximum atomic E-state index is 13.9. The third-order valence-corrected chi connectivity index (χ3v) is 6.27. The number of aliphatic hydroxyl groups excluding tert-OH is 1. The van der Waals surface area contributed by atoms with Crippen LogP contribution in [-0.2, 0) is 6.18 Å². The van der Waals surface area contributed by atoms with Crippen molar-refractivity contribution in [2.75, 3.05) is 25.1 Å². The van der Waals surface area contributed by atoms with Crippen LogP contribution in [0.3, 0.4) is 0 Å².